The van der Waals surface area contributed by atoms with E-state index >= 15 is 0 Å². The first-order chi connectivity index (χ1) is 7.23. The van der Waals surface area contributed by atoms with Crippen LogP contribution in [-0.2, 0) is 5.41 Å². The zero-order valence-corrected chi connectivity index (χ0v) is 9.33. The van der Waals surface area contributed by atoms with Crippen LogP contribution in [0, 0.1) is 10.1 Å². The lowest BCUT2D eigenvalue weighted by molar-refractivity contribution is -0.386. The highest BCUT2D eigenvalue weighted by Crippen LogP contribution is 2.33. The molecule has 3 nitrogen and oxygen atoms in total. The molecule has 0 unspecified atom stereocenters. The Kier molecular flexibility index (Phi) is 3.26. The minimum Gasteiger partial charge on any atom is -0.258 e. The summed E-state index contributed by atoms with van der Waals surface area (Å²) in [6.45, 7) is 5.59. The largest absolute Gasteiger partial charge is 0.278 e. The van der Waals surface area contributed by atoms with Gasteiger partial charge in [-0.1, -0.05) is 26.8 Å². The van der Waals surface area contributed by atoms with Gasteiger partial charge < -0.3 is 0 Å². The Balaban J connectivity index is 3.34. The molecule has 88 valence electrons. The molecule has 0 atom stereocenters. The molecule has 0 aliphatic heterocycles. The Morgan fingerprint density at radius 3 is 2.25 bits per heavy atom. The molecule has 0 heterocycles. The Hall–Kier alpha value is -1.52. The fourth-order valence-corrected chi connectivity index (χ4v) is 1.36. The summed E-state index contributed by atoms with van der Waals surface area (Å²) in [4.78, 5) is 9.78. The van der Waals surface area contributed by atoms with Crippen molar-refractivity contribution < 1.29 is 13.7 Å². The van der Waals surface area contributed by atoms with E-state index in [0.29, 0.717) is 5.56 Å². The zero-order valence-electron chi connectivity index (χ0n) is 9.33. The highest BCUT2D eigenvalue weighted by Gasteiger charge is 2.24. The molecule has 0 saturated heterocycles. The number of alkyl halides is 2. The van der Waals surface area contributed by atoms with E-state index < -0.39 is 22.6 Å². The average Bonchev–Trinajstić information content (AvgIpc) is 2.15. The lowest BCUT2D eigenvalue weighted by Gasteiger charge is -2.19. The predicted molar refractivity (Wildman–Crippen MR) is 56.8 cm³/mol. The van der Waals surface area contributed by atoms with E-state index in [1.54, 1.807) is 0 Å². The van der Waals surface area contributed by atoms with E-state index in [2.05, 4.69) is 0 Å². The van der Waals surface area contributed by atoms with Crippen molar-refractivity contribution >= 4 is 5.69 Å². The number of hydrogen-bond acceptors (Lipinski definition) is 2. The number of benzene rings is 1. The lowest BCUT2D eigenvalue weighted by atomic mass is 9.86. The quantitative estimate of drug-likeness (QED) is 0.571. The fraction of sp³-hybridized carbons (Fsp3) is 0.455. The molecule has 0 N–H and O–H groups in total. The van der Waals surface area contributed by atoms with E-state index in [1.165, 1.54) is 12.1 Å². The van der Waals surface area contributed by atoms with E-state index in [-0.39, 0.29) is 5.41 Å². The Bertz CT molecular complexity index is 411. The van der Waals surface area contributed by atoms with Crippen molar-refractivity contribution in [3.8, 4) is 0 Å². The van der Waals surface area contributed by atoms with Crippen molar-refractivity contribution in [3.05, 3.63) is 39.4 Å². The second kappa shape index (κ2) is 4.15. The standard InChI is InChI=1S/C11H13F2NO2/c1-11(2,3)7-4-5-9(14(15)16)8(6-7)10(12)13/h4-6,10H,1-3H3. The molecule has 0 radical (unpaired) electrons. The van der Waals surface area contributed by atoms with Gasteiger partial charge in [0.1, 0.15) is 0 Å². The summed E-state index contributed by atoms with van der Waals surface area (Å²) in [5, 5.41) is 10.6. The van der Waals surface area contributed by atoms with Crippen molar-refractivity contribution in [3.63, 3.8) is 0 Å². The minimum atomic E-state index is -2.83. The van der Waals surface area contributed by atoms with Gasteiger partial charge in [0.2, 0.25) is 0 Å². The number of rotatable bonds is 2. The molecule has 0 bridgehead atoms. The van der Waals surface area contributed by atoms with Gasteiger partial charge in [-0.15, -0.1) is 0 Å². The van der Waals surface area contributed by atoms with Gasteiger partial charge in [0.05, 0.1) is 10.5 Å². The Morgan fingerprint density at radius 2 is 1.88 bits per heavy atom. The highest BCUT2D eigenvalue weighted by molar-refractivity contribution is 5.45. The van der Waals surface area contributed by atoms with Crippen molar-refractivity contribution in [1.29, 1.82) is 0 Å². The average molecular weight is 229 g/mol. The molecule has 0 aromatic heterocycles. The summed E-state index contributed by atoms with van der Waals surface area (Å²) in [5.41, 5.74) is -0.687. The van der Waals surface area contributed by atoms with Gasteiger partial charge >= 0.3 is 0 Å². The SMILES string of the molecule is CC(C)(C)c1ccc([N+](=O)[O-])c(C(F)F)c1. The molecule has 5 heteroatoms. The number of hydrogen-bond donors (Lipinski definition) is 0. The number of halogens is 2. The van der Waals surface area contributed by atoms with E-state index in [0.717, 1.165) is 6.07 Å². The third-order valence-electron chi connectivity index (χ3n) is 2.33. The number of nitro benzene ring substituents is 1. The second-order valence-electron chi connectivity index (χ2n) is 4.58. The summed E-state index contributed by atoms with van der Waals surface area (Å²) >= 11 is 0. The Morgan fingerprint density at radius 1 is 1.31 bits per heavy atom. The maximum atomic E-state index is 12.7. The van der Waals surface area contributed by atoms with Crippen LogP contribution in [0.25, 0.3) is 0 Å². The van der Waals surface area contributed by atoms with Gasteiger partial charge in [-0.3, -0.25) is 10.1 Å². The summed E-state index contributed by atoms with van der Waals surface area (Å²) < 4.78 is 25.3. The maximum absolute atomic E-state index is 12.7. The van der Waals surface area contributed by atoms with E-state index in [9.17, 15) is 18.9 Å². The summed E-state index contributed by atoms with van der Waals surface area (Å²) in [6.07, 6.45) is -2.83. The normalized spacial score (nSPS) is 11.9. The Labute approximate surface area is 92.2 Å². The molecule has 16 heavy (non-hydrogen) atoms. The van der Waals surface area contributed by atoms with E-state index in [4.69, 9.17) is 0 Å². The topological polar surface area (TPSA) is 43.1 Å². The fourth-order valence-electron chi connectivity index (χ4n) is 1.36. The molecule has 0 aliphatic carbocycles. The smallest absolute Gasteiger partial charge is 0.258 e. The van der Waals surface area contributed by atoms with Crippen LogP contribution in [0.3, 0.4) is 0 Å². The van der Waals surface area contributed by atoms with Gasteiger partial charge in [0.15, 0.2) is 0 Å². The number of nitro groups is 1. The maximum Gasteiger partial charge on any atom is 0.278 e. The van der Waals surface area contributed by atoms with Gasteiger partial charge in [0, 0.05) is 6.07 Å². The van der Waals surface area contributed by atoms with Crippen LogP contribution < -0.4 is 0 Å². The molecular weight excluding hydrogens is 216 g/mol. The molecule has 1 aromatic rings. The minimum absolute atomic E-state index is 0.307. The molecule has 0 spiro atoms. The summed E-state index contributed by atoms with van der Waals surface area (Å²) in [6, 6.07) is 3.87. The third-order valence-corrected chi connectivity index (χ3v) is 2.33. The van der Waals surface area contributed by atoms with Crippen LogP contribution in [0.2, 0.25) is 0 Å². The molecule has 1 rings (SSSR count). The van der Waals surface area contributed by atoms with E-state index in [1.807, 2.05) is 20.8 Å². The molecule has 0 fully saturated rings. The van der Waals surface area contributed by atoms with Crippen molar-refractivity contribution in [2.24, 2.45) is 0 Å². The molecule has 0 aliphatic rings. The van der Waals surface area contributed by atoms with Crippen molar-refractivity contribution in [2.45, 2.75) is 32.6 Å². The van der Waals surface area contributed by atoms with Crippen LogP contribution in [0.4, 0.5) is 14.5 Å². The monoisotopic (exact) mass is 229 g/mol. The van der Waals surface area contributed by atoms with Gasteiger partial charge in [0.25, 0.3) is 12.1 Å². The molecule has 0 amide bonds. The second-order valence-corrected chi connectivity index (χ2v) is 4.58. The van der Waals surface area contributed by atoms with Crippen LogP contribution in [0.1, 0.15) is 38.3 Å². The number of nitrogens with zero attached hydrogens (tertiary/aromatic N) is 1. The summed E-state index contributed by atoms with van der Waals surface area (Å²) in [7, 11) is 0. The van der Waals surface area contributed by atoms with Gasteiger partial charge in [-0.25, -0.2) is 8.78 Å². The predicted octanol–water partition coefficient (Wildman–Crippen LogP) is 3.83. The molecule has 1 aromatic carbocycles. The van der Waals surface area contributed by atoms with Crippen LogP contribution in [0.15, 0.2) is 18.2 Å². The highest BCUT2D eigenvalue weighted by atomic mass is 19.3. The van der Waals surface area contributed by atoms with Crippen molar-refractivity contribution in [1.82, 2.24) is 0 Å². The van der Waals surface area contributed by atoms with Crippen LogP contribution >= 0.6 is 0 Å². The van der Waals surface area contributed by atoms with Crippen molar-refractivity contribution in [2.75, 3.05) is 0 Å². The van der Waals surface area contributed by atoms with Gasteiger partial charge in [-0.2, -0.15) is 0 Å². The first kappa shape index (κ1) is 12.5. The third kappa shape index (κ3) is 2.53. The first-order valence-corrected chi connectivity index (χ1v) is 4.80. The molecular formula is C11H13F2NO2. The van der Waals surface area contributed by atoms with Gasteiger partial charge in [-0.05, 0) is 17.0 Å². The zero-order chi connectivity index (χ0) is 12.5. The first-order valence-electron chi connectivity index (χ1n) is 4.80. The molecule has 0 saturated carbocycles. The van der Waals surface area contributed by atoms with Crippen LogP contribution in [0.5, 0.6) is 0 Å². The van der Waals surface area contributed by atoms with Crippen LogP contribution in [-0.4, -0.2) is 4.92 Å². The lowest BCUT2D eigenvalue weighted by Crippen LogP contribution is -2.12. The summed E-state index contributed by atoms with van der Waals surface area (Å²) in [5.74, 6) is 0.